The Bertz CT molecular complexity index is 509. The lowest BCUT2D eigenvalue weighted by Gasteiger charge is -2.05. The molecule has 2 atom stereocenters. The van der Waals surface area contributed by atoms with Crippen molar-refractivity contribution in [2.75, 3.05) is 11.9 Å². The van der Waals surface area contributed by atoms with Crippen LogP contribution in [0.3, 0.4) is 0 Å². The molecule has 3 nitrogen and oxygen atoms in total. The van der Waals surface area contributed by atoms with Gasteiger partial charge < -0.3 is 5.32 Å². The summed E-state index contributed by atoms with van der Waals surface area (Å²) in [5.41, 5.74) is 1.91. The first kappa shape index (κ1) is 9.58. The molecular formula is C13H15N3. The van der Waals surface area contributed by atoms with Gasteiger partial charge in [-0.2, -0.15) is 0 Å². The van der Waals surface area contributed by atoms with Gasteiger partial charge in [0.25, 0.3) is 0 Å². The number of anilines is 1. The molecule has 1 aliphatic rings. The maximum absolute atomic E-state index is 4.53. The average molecular weight is 213 g/mol. The van der Waals surface area contributed by atoms with E-state index in [9.17, 15) is 0 Å². The second-order valence-corrected chi connectivity index (χ2v) is 4.60. The molecule has 0 spiro atoms. The molecule has 0 radical (unpaired) electrons. The smallest absolute Gasteiger partial charge is 0.145 e. The van der Waals surface area contributed by atoms with Crippen molar-refractivity contribution in [2.24, 2.45) is 11.8 Å². The molecule has 3 heteroatoms. The van der Waals surface area contributed by atoms with Crippen LogP contribution in [0.15, 0.2) is 30.5 Å². The third-order valence-corrected chi connectivity index (χ3v) is 3.27. The molecule has 1 heterocycles. The van der Waals surface area contributed by atoms with Gasteiger partial charge in [0.2, 0.25) is 0 Å². The van der Waals surface area contributed by atoms with Crippen LogP contribution in [0.25, 0.3) is 11.0 Å². The van der Waals surface area contributed by atoms with Crippen LogP contribution in [0.2, 0.25) is 0 Å². The predicted octanol–water partition coefficient (Wildman–Crippen LogP) is 2.70. The maximum Gasteiger partial charge on any atom is 0.145 e. The van der Waals surface area contributed by atoms with Crippen LogP contribution in [-0.2, 0) is 0 Å². The van der Waals surface area contributed by atoms with E-state index in [2.05, 4.69) is 22.2 Å². The number of hydrogen-bond donors (Lipinski definition) is 1. The molecule has 1 aliphatic carbocycles. The fourth-order valence-electron chi connectivity index (χ4n) is 1.96. The molecule has 0 aliphatic heterocycles. The topological polar surface area (TPSA) is 37.8 Å². The predicted molar refractivity (Wildman–Crippen MR) is 65.3 cm³/mol. The zero-order valence-electron chi connectivity index (χ0n) is 9.35. The Morgan fingerprint density at radius 3 is 2.81 bits per heavy atom. The molecule has 16 heavy (non-hydrogen) atoms. The number of fused-ring (bicyclic) bond motifs is 1. The molecule has 1 fully saturated rings. The standard InChI is InChI=1S/C13H15N3/c1-9-6-10(9)7-15-13-8-14-11-4-2-3-5-12(11)16-13/h2-5,8-10H,6-7H2,1H3,(H,15,16). The van der Waals surface area contributed by atoms with Gasteiger partial charge in [0.15, 0.2) is 0 Å². The van der Waals surface area contributed by atoms with Gasteiger partial charge in [-0.1, -0.05) is 19.1 Å². The summed E-state index contributed by atoms with van der Waals surface area (Å²) in [5.74, 6) is 2.59. The van der Waals surface area contributed by atoms with Gasteiger partial charge in [0.05, 0.1) is 17.2 Å². The Hall–Kier alpha value is -1.64. The number of hydrogen-bond acceptors (Lipinski definition) is 3. The molecule has 3 rings (SSSR count). The Morgan fingerprint density at radius 1 is 1.31 bits per heavy atom. The van der Waals surface area contributed by atoms with Crippen molar-refractivity contribution >= 4 is 16.9 Å². The van der Waals surface area contributed by atoms with E-state index in [0.717, 1.165) is 35.2 Å². The summed E-state index contributed by atoms with van der Waals surface area (Å²) in [6.45, 7) is 3.31. The molecule has 0 bridgehead atoms. The van der Waals surface area contributed by atoms with Gasteiger partial charge in [0, 0.05) is 6.54 Å². The van der Waals surface area contributed by atoms with Crippen LogP contribution in [0, 0.1) is 11.8 Å². The van der Waals surface area contributed by atoms with Gasteiger partial charge in [0.1, 0.15) is 5.82 Å². The molecular weight excluding hydrogens is 198 g/mol. The monoisotopic (exact) mass is 213 g/mol. The zero-order valence-corrected chi connectivity index (χ0v) is 9.35. The Balaban J connectivity index is 1.77. The second-order valence-electron chi connectivity index (χ2n) is 4.60. The molecule has 1 N–H and O–H groups in total. The maximum atomic E-state index is 4.53. The number of rotatable bonds is 3. The SMILES string of the molecule is CC1CC1CNc1cnc2ccccc2n1. The van der Waals surface area contributed by atoms with E-state index in [1.54, 1.807) is 0 Å². The normalized spacial score (nSPS) is 23.3. The van der Waals surface area contributed by atoms with E-state index < -0.39 is 0 Å². The van der Waals surface area contributed by atoms with Gasteiger partial charge in [-0.15, -0.1) is 0 Å². The summed E-state index contributed by atoms with van der Waals surface area (Å²) in [6.07, 6.45) is 3.16. The highest BCUT2D eigenvalue weighted by molar-refractivity contribution is 5.75. The summed E-state index contributed by atoms with van der Waals surface area (Å²) < 4.78 is 0. The second kappa shape index (κ2) is 3.74. The van der Waals surface area contributed by atoms with Crippen molar-refractivity contribution in [3.63, 3.8) is 0 Å². The fourth-order valence-corrected chi connectivity index (χ4v) is 1.96. The van der Waals surface area contributed by atoms with Crippen molar-refractivity contribution < 1.29 is 0 Å². The summed E-state index contributed by atoms with van der Waals surface area (Å²) in [6, 6.07) is 7.95. The van der Waals surface area contributed by atoms with Gasteiger partial charge in [-0.25, -0.2) is 4.98 Å². The van der Waals surface area contributed by atoms with E-state index in [1.165, 1.54) is 6.42 Å². The molecule has 2 unspecified atom stereocenters. The Morgan fingerprint density at radius 2 is 2.06 bits per heavy atom. The minimum Gasteiger partial charge on any atom is -0.368 e. The van der Waals surface area contributed by atoms with Crippen molar-refractivity contribution in [2.45, 2.75) is 13.3 Å². The van der Waals surface area contributed by atoms with Crippen molar-refractivity contribution in [1.82, 2.24) is 9.97 Å². The van der Waals surface area contributed by atoms with E-state index in [1.807, 2.05) is 30.5 Å². The van der Waals surface area contributed by atoms with Crippen LogP contribution < -0.4 is 5.32 Å². The van der Waals surface area contributed by atoms with E-state index in [0.29, 0.717) is 0 Å². The van der Waals surface area contributed by atoms with Gasteiger partial charge in [-0.05, 0) is 30.4 Å². The lowest BCUT2D eigenvalue weighted by molar-refractivity contribution is 0.784. The minimum absolute atomic E-state index is 0.827. The quantitative estimate of drug-likeness (QED) is 0.851. The van der Waals surface area contributed by atoms with Crippen LogP contribution in [0.1, 0.15) is 13.3 Å². The van der Waals surface area contributed by atoms with E-state index >= 15 is 0 Å². The van der Waals surface area contributed by atoms with Gasteiger partial charge in [-0.3, -0.25) is 4.98 Å². The number of aromatic nitrogens is 2. The van der Waals surface area contributed by atoms with Crippen molar-refractivity contribution in [3.8, 4) is 0 Å². The highest BCUT2D eigenvalue weighted by Gasteiger charge is 2.31. The average Bonchev–Trinajstić information content (AvgIpc) is 3.03. The first-order valence-corrected chi connectivity index (χ1v) is 5.78. The number of nitrogens with zero attached hydrogens (tertiary/aromatic N) is 2. The van der Waals surface area contributed by atoms with E-state index in [4.69, 9.17) is 0 Å². The highest BCUT2D eigenvalue weighted by Crippen LogP contribution is 2.37. The van der Waals surface area contributed by atoms with Crippen LogP contribution >= 0.6 is 0 Å². The lowest BCUT2D eigenvalue weighted by atomic mass is 10.3. The molecule has 0 amide bonds. The summed E-state index contributed by atoms with van der Waals surface area (Å²) >= 11 is 0. The third-order valence-electron chi connectivity index (χ3n) is 3.27. The highest BCUT2D eigenvalue weighted by atomic mass is 15.0. The van der Waals surface area contributed by atoms with E-state index in [-0.39, 0.29) is 0 Å². The number of nitrogens with one attached hydrogen (secondary N) is 1. The van der Waals surface area contributed by atoms with Crippen LogP contribution in [0.4, 0.5) is 5.82 Å². The lowest BCUT2D eigenvalue weighted by Crippen LogP contribution is -2.06. The van der Waals surface area contributed by atoms with Crippen LogP contribution in [0.5, 0.6) is 0 Å². The molecule has 82 valence electrons. The number of para-hydroxylation sites is 2. The first-order chi connectivity index (χ1) is 7.83. The molecule has 1 aromatic heterocycles. The largest absolute Gasteiger partial charge is 0.368 e. The van der Waals surface area contributed by atoms with Crippen molar-refractivity contribution in [1.29, 1.82) is 0 Å². The van der Waals surface area contributed by atoms with Gasteiger partial charge >= 0.3 is 0 Å². The zero-order chi connectivity index (χ0) is 11.0. The Kier molecular flexibility index (Phi) is 2.24. The molecule has 1 aromatic carbocycles. The summed E-state index contributed by atoms with van der Waals surface area (Å²) in [7, 11) is 0. The molecule has 2 aromatic rings. The number of benzene rings is 1. The Labute approximate surface area is 94.9 Å². The fraction of sp³-hybridized carbons (Fsp3) is 0.385. The molecule has 0 saturated heterocycles. The van der Waals surface area contributed by atoms with Crippen LogP contribution in [-0.4, -0.2) is 16.5 Å². The summed E-state index contributed by atoms with van der Waals surface area (Å²) in [4.78, 5) is 8.90. The molecule has 1 saturated carbocycles. The first-order valence-electron chi connectivity index (χ1n) is 5.78. The summed E-state index contributed by atoms with van der Waals surface area (Å²) in [5, 5.41) is 3.36. The third kappa shape index (κ3) is 1.85. The van der Waals surface area contributed by atoms with Crippen molar-refractivity contribution in [3.05, 3.63) is 30.5 Å². The minimum atomic E-state index is 0.827.